The van der Waals surface area contributed by atoms with E-state index in [0.29, 0.717) is 13.2 Å². The lowest BCUT2D eigenvalue weighted by molar-refractivity contribution is -0.136. The molecule has 1 fully saturated rings. The highest BCUT2D eigenvalue weighted by molar-refractivity contribution is 6.24. The molecule has 5 amide bonds. The van der Waals surface area contributed by atoms with E-state index in [4.69, 9.17) is 19.3 Å². The van der Waals surface area contributed by atoms with Crippen LogP contribution in [0.4, 0.5) is 0 Å². The molecule has 3 N–H and O–H groups in total. The lowest BCUT2D eigenvalue weighted by atomic mass is 10.0. The second kappa shape index (κ2) is 12.2. The molecular formula is C22H27N3O9. The minimum Gasteiger partial charge on any atom is -0.491 e. The number of carbonyl (C=O) groups is 5. The molecule has 0 spiro atoms. The number of ether oxygens (including phenoxy) is 3. The number of imide groups is 2. The highest BCUT2D eigenvalue weighted by Crippen LogP contribution is 2.33. The molecule has 1 saturated heterocycles. The lowest BCUT2D eigenvalue weighted by Gasteiger charge is -2.27. The van der Waals surface area contributed by atoms with Gasteiger partial charge in [-0.3, -0.25) is 34.2 Å². The second-order valence-electron chi connectivity index (χ2n) is 7.52. The largest absolute Gasteiger partial charge is 0.491 e. The van der Waals surface area contributed by atoms with Gasteiger partial charge in [0, 0.05) is 12.8 Å². The van der Waals surface area contributed by atoms with Gasteiger partial charge in [0.15, 0.2) is 0 Å². The van der Waals surface area contributed by atoms with Crippen molar-refractivity contribution >= 4 is 29.5 Å². The monoisotopic (exact) mass is 477 g/mol. The highest BCUT2D eigenvalue weighted by atomic mass is 16.5. The number of piperidine rings is 1. The Morgan fingerprint density at radius 1 is 1.06 bits per heavy atom. The van der Waals surface area contributed by atoms with Crippen LogP contribution in [0, 0.1) is 0 Å². The van der Waals surface area contributed by atoms with Crippen LogP contribution in [0.25, 0.3) is 0 Å². The van der Waals surface area contributed by atoms with Crippen molar-refractivity contribution in [2.24, 2.45) is 0 Å². The van der Waals surface area contributed by atoms with Gasteiger partial charge in [0.25, 0.3) is 11.8 Å². The van der Waals surface area contributed by atoms with E-state index in [-0.39, 0.29) is 75.0 Å². The van der Waals surface area contributed by atoms with E-state index in [9.17, 15) is 24.0 Å². The standard InChI is InChI=1S/C22H27N3O9/c26-8-11-33-13-12-32-9-6-17(27)23-7-10-34-16-3-1-2-14-19(16)22(31)25(21(14)30)15-4-5-18(28)24-20(15)29/h1-3,15,26H,4-13H2,(H,23,27)(H,24,28,29). The number of nitrogens with zero attached hydrogens (tertiary/aromatic N) is 1. The summed E-state index contributed by atoms with van der Waals surface area (Å²) in [5.74, 6) is -2.47. The zero-order valence-corrected chi connectivity index (χ0v) is 18.5. The van der Waals surface area contributed by atoms with Crippen LogP contribution in [0.1, 0.15) is 40.0 Å². The first kappa shape index (κ1) is 25.3. The zero-order valence-electron chi connectivity index (χ0n) is 18.5. The SMILES string of the molecule is O=C(CCOCCOCCO)NCCOc1cccc2c1C(=O)N(C1CCC(=O)NC1=O)C2=O. The summed E-state index contributed by atoms with van der Waals surface area (Å²) < 4.78 is 15.9. The van der Waals surface area contributed by atoms with Crippen molar-refractivity contribution < 1.29 is 43.3 Å². The van der Waals surface area contributed by atoms with Crippen LogP contribution in [0.2, 0.25) is 0 Å². The average Bonchev–Trinajstić information content (AvgIpc) is 3.07. The van der Waals surface area contributed by atoms with E-state index < -0.39 is 29.7 Å². The number of aliphatic hydroxyl groups excluding tert-OH is 1. The van der Waals surface area contributed by atoms with Crippen LogP contribution in [-0.2, 0) is 23.9 Å². The third-order valence-corrected chi connectivity index (χ3v) is 5.19. The molecule has 0 radical (unpaired) electrons. The van der Waals surface area contributed by atoms with Gasteiger partial charge < -0.3 is 24.6 Å². The molecule has 34 heavy (non-hydrogen) atoms. The Bertz CT molecular complexity index is 950. The number of amides is 5. The number of hydrogen-bond acceptors (Lipinski definition) is 9. The third-order valence-electron chi connectivity index (χ3n) is 5.19. The predicted octanol–water partition coefficient (Wildman–Crippen LogP) is -1.00. The van der Waals surface area contributed by atoms with Crippen LogP contribution < -0.4 is 15.4 Å². The smallest absolute Gasteiger partial charge is 0.266 e. The molecule has 1 aromatic carbocycles. The van der Waals surface area contributed by atoms with E-state index in [1.807, 2.05) is 0 Å². The van der Waals surface area contributed by atoms with Crippen molar-refractivity contribution in [3.8, 4) is 5.75 Å². The molecule has 1 unspecified atom stereocenters. The molecule has 184 valence electrons. The van der Waals surface area contributed by atoms with Gasteiger partial charge in [-0.05, 0) is 18.6 Å². The Hall–Kier alpha value is -3.35. The Labute approximate surface area is 195 Å². The van der Waals surface area contributed by atoms with Crippen molar-refractivity contribution in [2.45, 2.75) is 25.3 Å². The van der Waals surface area contributed by atoms with Crippen molar-refractivity contribution in [3.63, 3.8) is 0 Å². The Balaban J connectivity index is 1.46. The summed E-state index contributed by atoms with van der Waals surface area (Å²) in [6.45, 7) is 1.27. The number of carbonyl (C=O) groups excluding carboxylic acids is 5. The molecule has 1 aromatic rings. The lowest BCUT2D eigenvalue weighted by Crippen LogP contribution is -2.54. The van der Waals surface area contributed by atoms with Gasteiger partial charge in [-0.25, -0.2) is 0 Å². The van der Waals surface area contributed by atoms with E-state index in [1.165, 1.54) is 12.1 Å². The number of benzene rings is 1. The minimum absolute atomic E-state index is 0.0371. The summed E-state index contributed by atoms with van der Waals surface area (Å²) in [5, 5.41) is 13.4. The zero-order chi connectivity index (χ0) is 24.5. The first-order chi connectivity index (χ1) is 16.4. The summed E-state index contributed by atoms with van der Waals surface area (Å²) in [4.78, 5) is 62.1. The van der Waals surface area contributed by atoms with Gasteiger partial charge in [-0.15, -0.1) is 0 Å². The van der Waals surface area contributed by atoms with Crippen LogP contribution in [0.15, 0.2) is 18.2 Å². The van der Waals surface area contributed by atoms with Crippen LogP contribution in [0.5, 0.6) is 5.75 Å². The molecule has 0 saturated carbocycles. The molecule has 1 atom stereocenters. The average molecular weight is 477 g/mol. The molecular weight excluding hydrogens is 450 g/mol. The van der Waals surface area contributed by atoms with Gasteiger partial charge in [-0.2, -0.15) is 0 Å². The first-order valence-corrected chi connectivity index (χ1v) is 10.9. The molecule has 3 rings (SSSR count). The Morgan fingerprint density at radius 3 is 2.56 bits per heavy atom. The predicted molar refractivity (Wildman–Crippen MR) is 115 cm³/mol. The van der Waals surface area contributed by atoms with E-state index in [2.05, 4.69) is 10.6 Å². The fraction of sp³-hybridized carbons (Fsp3) is 0.500. The topological polar surface area (TPSA) is 161 Å². The summed E-state index contributed by atoms with van der Waals surface area (Å²) >= 11 is 0. The number of aliphatic hydroxyl groups is 1. The summed E-state index contributed by atoms with van der Waals surface area (Å²) in [5.41, 5.74) is 0.177. The molecule has 0 aliphatic carbocycles. The molecule has 0 bridgehead atoms. The third kappa shape index (κ3) is 6.16. The number of fused-ring (bicyclic) bond motifs is 1. The van der Waals surface area contributed by atoms with E-state index in [1.54, 1.807) is 6.07 Å². The highest BCUT2D eigenvalue weighted by Gasteiger charge is 2.45. The fourth-order valence-corrected chi connectivity index (χ4v) is 3.60. The Kier molecular flexibility index (Phi) is 9.08. The number of hydrogen-bond donors (Lipinski definition) is 3. The second-order valence-corrected chi connectivity index (χ2v) is 7.52. The van der Waals surface area contributed by atoms with Crippen molar-refractivity contribution in [1.29, 1.82) is 0 Å². The molecule has 0 aromatic heterocycles. The van der Waals surface area contributed by atoms with Gasteiger partial charge in [0.2, 0.25) is 17.7 Å². The maximum atomic E-state index is 13.0. The Morgan fingerprint density at radius 2 is 1.82 bits per heavy atom. The van der Waals surface area contributed by atoms with Gasteiger partial charge in [-0.1, -0.05) is 6.07 Å². The minimum atomic E-state index is -1.05. The summed E-state index contributed by atoms with van der Waals surface area (Å²) in [6, 6.07) is 3.52. The van der Waals surface area contributed by atoms with Gasteiger partial charge >= 0.3 is 0 Å². The number of nitrogens with one attached hydrogen (secondary N) is 2. The number of rotatable bonds is 13. The fourth-order valence-electron chi connectivity index (χ4n) is 3.60. The molecule has 12 nitrogen and oxygen atoms in total. The van der Waals surface area contributed by atoms with E-state index in [0.717, 1.165) is 4.90 Å². The van der Waals surface area contributed by atoms with Gasteiger partial charge in [0.1, 0.15) is 18.4 Å². The summed E-state index contributed by atoms with van der Waals surface area (Å²) in [7, 11) is 0. The van der Waals surface area contributed by atoms with Crippen LogP contribution in [0.3, 0.4) is 0 Å². The maximum Gasteiger partial charge on any atom is 0.266 e. The molecule has 2 aliphatic rings. The molecule has 2 aliphatic heterocycles. The first-order valence-electron chi connectivity index (χ1n) is 10.9. The van der Waals surface area contributed by atoms with Crippen molar-refractivity contribution in [2.75, 3.05) is 46.2 Å². The molecule has 12 heteroatoms. The maximum absolute atomic E-state index is 13.0. The van der Waals surface area contributed by atoms with E-state index >= 15 is 0 Å². The molecule has 2 heterocycles. The van der Waals surface area contributed by atoms with Crippen LogP contribution in [-0.4, -0.2) is 91.8 Å². The quantitative estimate of drug-likeness (QED) is 0.239. The van der Waals surface area contributed by atoms with Crippen molar-refractivity contribution in [1.82, 2.24) is 15.5 Å². The van der Waals surface area contributed by atoms with Gasteiger partial charge in [0.05, 0.1) is 50.7 Å². The van der Waals surface area contributed by atoms with Crippen LogP contribution >= 0.6 is 0 Å². The summed E-state index contributed by atoms with van der Waals surface area (Å²) in [6.07, 6.45) is 0.252. The normalized spacial score (nSPS) is 17.6. The van der Waals surface area contributed by atoms with Crippen molar-refractivity contribution in [3.05, 3.63) is 29.3 Å².